The highest BCUT2D eigenvalue weighted by atomic mass is 16.5. The van der Waals surface area contributed by atoms with Crippen LogP contribution in [0.2, 0.25) is 0 Å². The summed E-state index contributed by atoms with van der Waals surface area (Å²) in [6.45, 7) is 2.50. The first-order chi connectivity index (χ1) is 9.16. The van der Waals surface area contributed by atoms with Gasteiger partial charge >= 0.3 is 0 Å². The number of rotatable bonds is 5. The molecule has 0 aliphatic heterocycles. The van der Waals surface area contributed by atoms with Gasteiger partial charge in [0.25, 0.3) is 0 Å². The van der Waals surface area contributed by atoms with Gasteiger partial charge in [-0.2, -0.15) is 0 Å². The summed E-state index contributed by atoms with van der Waals surface area (Å²) in [7, 11) is 0. The van der Waals surface area contributed by atoms with Gasteiger partial charge in [0.1, 0.15) is 11.6 Å². The van der Waals surface area contributed by atoms with E-state index in [1.54, 1.807) is 6.20 Å². The highest BCUT2D eigenvalue weighted by Gasteiger charge is 2.03. The molecule has 1 aromatic heterocycles. The number of nitrogens with zero attached hydrogens (tertiary/aromatic N) is 1. The van der Waals surface area contributed by atoms with E-state index in [9.17, 15) is 0 Å². The summed E-state index contributed by atoms with van der Waals surface area (Å²) < 4.78 is 5.67. The van der Waals surface area contributed by atoms with Crippen molar-refractivity contribution >= 4 is 5.84 Å². The quantitative estimate of drug-likeness (QED) is 0.636. The number of nitrogens with one attached hydrogen (secondary N) is 1. The number of pyridine rings is 1. The first-order valence-electron chi connectivity index (χ1n) is 6.14. The van der Waals surface area contributed by atoms with E-state index in [0.717, 1.165) is 29.0 Å². The maximum atomic E-state index is 7.43. The summed E-state index contributed by atoms with van der Waals surface area (Å²) in [6, 6.07) is 11.4. The maximum absolute atomic E-state index is 7.43. The Labute approximate surface area is 112 Å². The number of benzene rings is 1. The molecule has 0 fully saturated rings. The molecule has 4 heteroatoms. The molecule has 3 N–H and O–H groups in total. The zero-order chi connectivity index (χ0) is 13.7. The van der Waals surface area contributed by atoms with Crippen LogP contribution in [0.1, 0.15) is 16.8 Å². The molecule has 2 rings (SSSR count). The molecule has 2 aromatic rings. The van der Waals surface area contributed by atoms with Gasteiger partial charge in [0, 0.05) is 23.9 Å². The monoisotopic (exact) mass is 255 g/mol. The van der Waals surface area contributed by atoms with E-state index in [2.05, 4.69) is 4.98 Å². The zero-order valence-electron chi connectivity index (χ0n) is 10.9. The highest BCUT2D eigenvalue weighted by molar-refractivity contribution is 5.96. The second-order valence-corrected chi connectivity index (χ2v) is 4.31. The number of nitrogens with two attached hydrogens (primary N) is 1. The van der Waals surface area contributed by atoms with Crippen LogP contribution in [0, 0.1) is 12.3 Å². The third-order valence-electron chi connectivity index (χ3n) is 2.84. The van der Waals surface area contributed by atoms with Gasteiger partial charge in [-0.05, 0) is 42.8 Å². The van der Waals surface area contributed by atoms with Gasteiger partial charge in [0.05, 0.1) is 6.61 Å². The van der Waals surface area contributed by atoms with Crippen molar-refractivity contribution in [3.8, 4) is 5.75 Å². The third-order valence-corrected chi connectivity index (χ3v) is 2.84. The van der Waals surface area contributed by atoms with E-state index in [0.29, 0.717) is 6.61 Å². The van der Waals surface area contributed by atoms with Crippen molar-refractivity contribution in [3.05, 3.63) is 59.4 Å². The molecule has 4 nitrogen and oxygen atoms in total. The van der Waals surface area contributed by atoms with Gasteiger partial charge < -0.3 is 10.5 Å². The fourth-order valence-corrected chi connectivity index (χ4v) is 1.85. The molecule has 98 valence electrons. The predicted octanol–water partition coefficient (Wildman–Crippen LogP) is 2.30. The van der Waals surface area contributed by atoms with Crippen molar-refractivity contribution < 1.29 is 4.74 Å². The molecule has 0 radical (unpaired) electrons. The van der Waals surface area contributed by atoms with Crippen LogP contribution >= 0.6 is 0 Å². The molecule has 0 unspecified atom stereocenters. The summed E-state index contributed by atoms with van der Waals surface area (Å²) >= 11 is 0. The Hall–Kier alpha value is -2.36. The van der Waals surface area contributed by atoms with Gasteiger partial charge in [-0.3, -0.25) is 10.4 Å². The van der Waals surface area contributed by atoms with Crippen LogP contribution in [-0.2, 0) is 6.42 Å². The van der Waals surface area contributed by atoms with Crippen molar-refractivity contribution in [2.45, 2.75) is 13.3 Å². The first kappa shape index (κ1) is 13.1. The topological polar surface area (TPSA) is 72.0 Å². The van der Waals surface area contributed by atoms with Gasteiger partial charge in [-0.15, -0.1) is 0 Å². The molecule has 0 aliphatic carbocycles. The van der Waals surface area contributed by atoms with Crippen LogP contribution in [0.15, 0.2) is 42.6 Å². The predicted molar refractivity (Wildman–Crippen MR) is 75.6 cm³/mol. The molecule has 0 amide bonds. The van der Waals surface area contributed by atoms with Gasteiger partial charge in [0.15, 0.2) is 0 Å². The minimum atomic E-state index is 0.0811. The molecule has 1 heterocycles. The molecule has 1 aromatic carbocycles. The second-order valence-electron chi connectivity index (χ2n) is 4.31. The van der Waals surface area contributed by atoms with Gasteiger partial charge in [-0.1, -0.05) is 6.07 Å². The molecule has 0 saturated heterocycles. The van der Waals surface area contributed by atoms with Crippen LogP contribution in [-0.4, -0.2) is 17.4 Å². The summed E-state index contributed by atoms with van der Waals surface area (Å²) in [5.74, 6) is 0.871. The van der Waals surface area contributed by atoms with Crippen LogP contribution in [0.3, 0.4) is 0 Å². The van der Waals surface area contributed by atoms with Crippen molar-refractivity contribution in [1.82, 2.24) is 4.98 Å². The van der Waals surface area contributed by atoms with E-state index in [4.69, 9.17) is 15.9 Å². The summed E-state index contributed by atoms with van der Waals surface area (Å²) in [5, 5.41) is 7.43. The van der Waals surface area contributed by atoms with Crippen LogP contribution in [0.25, 0.3) is 0 Å². The lowest BCUT2D eigenvalue weighted by molar-refractivity contribution is 0.320. The van der Waals surface area contributed by atoms with Crippen LogP contribution in [0.5, 0.6) is 5.75 Å². The van der Waals surface area contributed by atoms with E-state index >= 15 is 0 Å². The van der Waals surface area contributed by atoms with Gasteiger partial charge in [-0.25, -0.2) is 0 Å². The van der Waals surface area contributed by atoms with Gasteiger partial charge in [0.2, 0.25) is 0 Å². The minimum Gasteiger partial charge on any atom is -0.493 e. The SMILES string of the molecule is Cc1cc(OCCc2ccccn2)ccc1C(=N)N. The molecule has 0 bridgehead atoms. The van der Waals surface area contributed by atoms with E-state index in [1.807, 2.05) is 43.3 Å². The number of hydrogen-bond acceptors (Lipinski definition) is 3. The van der Waals surface area contributed by atoms with Crippen molar-refractivity contribution in [2.75, 3.05) is 6.61 Å². The van der Waals surface area contributed by atoms with Crippen LogP contribution < -0.4 is 10.5 Å². The fourth-order valence-electron chi connectivity index (χ4n) is 1.85. The third kappa shape index (κ3) is 3.55. The van der Waals surface area contributed by atoms with E-state index < -0.39 is 0 Å². The van der Waals surface area contributed by atoms with E-state index in [1.165, 1.54) is 0 Å². The fraction of sp³-hybridized carbons (Fsp3) is 0.200. The average Bonchev–Trinajstić information content (AvgIpc) is 2.39. The Morgan fingerprint density at radius 3 is 2.79 bits per heavy atom. The van der Waals surface area contributed by atoms with Crippen LogP contribution in [0.4, 0.5) is 0 Å². The Kier molecular flexibility index (Phi) is 4.13. The highest BCUT2D eigenvalue weighted by Crippen LogP contribution is 2.17. The average molecular weight is 255 g/mol. The molecular weight excluding hydrogens is 238 g/mol. The Bertz CT molecular complexity index is 567. The van der Waals surface area contributed by atoms with Crippen molar-refractivity contribution in [3.63, 3.8) is 0 Å². The second kappa shape index (κ2) is 6.00. The first-order valence-corrected chi connectivity index (χ1v) is 6.14. The lowest BCUT2D eigenvalue weighted by Crippen LogP contribution is -2.12. The van der Waals surface area contributed by atoms with Crippen molar-refractivity contribution in [2.24, 2.45) is 5.73 Å². The summed E-state index contributed by atoms with van der Waals surface area (Å²) in [4.78, 5) is 4.24. The number of aromatic nitrogens is 1. The smallest absolute Gasteiger partial charge is 0.123 e. The summed E-state index contributed by atoms with van der Waals surface area (Å²) in [5.41, 5.74) is 8.18. The maximum Gasteiger partial charge on any atom is 0.123 e. The molecule has 19 heavy (non-hydrogen) atoms. The number of amidine groups is 1. The number of hydrogen-bond donors (Lipinski definition) is 2. The number of nitrogen functional groups attached to an aromatic ring is 1. The number of ether oxygens (including phenoxy) is 1. The minimum absolute atomic E-state index is 0.0811. The Balaban J connectivity index is 1.93. The van der Waals surface area contributed by atoms with E-state index in [-0.39, 0.29) is 5.84 Å². The molecule has 0 atom stereocenters. The standard InChI is InChI=1S/C15H17N3O/c1-11-10-13(5-6-14(11)15(16)17)19-9-7-12-4-2-3-8-18-12/h2-6,8,10H,7,9H2,1H3,(H3,16,17). The lowest BCUT2D eigenvalue weighted by Gasteiger charge is -2.09. The lowest BCUT2D eigenvalue weighted by atomic mass is 10.1. The van der Waals surface area contributed by atoms with Crippen molar-refractivity contribution in [1.29, 1.82) is 5.41 Å². The molecule has 0 spiro atoms. The normalized spacial score (nSPS) is 10.2. The number of aryl methyl sites for hydroxylation is 1. The largest absolute Gasteiger partial charge is 0.493 e. The zero-order valence-corrected chi connectivity index (χ0v) is 10.9. The molecular formula is C15H17N3O. The summed E-state index contributed by atoms with van der Waals surface area (Å²) in [6.07, 6.45) is 2.55. The Morgan fingerprint density at radius 2 is 2.16 bits per heavy atom. The molecule has 0 aliphatic rings. The molecule has 0 saturated carbocycles. The Morgan fingerprint density at radius 1 is 1.32 bits per heavy atom.